The van der Waals surface area contributed by atoms with E-state index in [2.05, 4.69) is 5.32 Å². The van der Waals surface area contributed by atoms with E-state index >= 15 is 0 Å². The van der Waals surface area contributed by atoms with Crippen LogP contribution < -0.4 is 20.7 Å². The van der Waals surface area contributed by atoms with Gasteiger partial charge in [0.1, 0.15) is 5.75 Å². The van der Waals surface area contributed by atoms with Crippen molar-refractivity contribution in [3.63, 3.8) is 0 Å². The number of ether oxygens (including phenoxy) is 1. The number of rotatable bonds is 6. The number of allylic oxidation sites excluding steroid dienone is 1. The Balaban J connectivity index is 1.91. The van der Waals surface area contributed by atoms with Crippen molar-refractivity contribution in [3.05, 3.63) is 41.2 Å². The Morgan fingerprint density at radius 2 is 1.97 bits per heavy atom. The second-order valence-electron chi connectivity index (χ2n) is 6.96. The zero-order valence-corrected chi connectivity index (χ0v) is 16.3. The highest BCUT2D eigenvalue weighted by Crippen LogP contribution is 2.37. The Bertz CT molecular complexity index is 907. The van der Waals surface area contributed by atoms with Crippen molar-refractivity contribution in [1.29, 1.82) is 0 Å². The molecule has 3 rings (SSSR count). The smallest absolute Gasteiger partial charge is 0.265 e. The highest BCUT2D eigenvalue weighted by Gasteiger charge is 2.28. The van der Waals surface area contributed by atoms with Crippen LogP contribution in [0.1, 0.15) is 39.0 Å². The van der Waals surface area contributed by atoms with Gasteiger partial charge in [0.05, 0.1) is 11.4 Å². The van der Waals surface area contributed by atoms with Gasteiger partial charge in [0.25, 0.3) is 11.8 Å². The maximum atomic E-state index is 14.6. The fourth-order valence-corrected chi connectivity index (χ4v) is 3.49. The second-order valence-corrected chi connectivity index (χ2v) is 6.96. The minimum Gasteiger partial charge on any atom is -0.481 e. The predicted octanol–water partition coefficient (Wildman–Crippen LogP) is 2.81. The lowest BCUT2D eigenvalue weighted by atomic mass is 9.90. The van der Waals surface area contributed by atoms with E-state index in [1.54, 1.807) is 0 Å². The molecule has 3 N–H and O–H groups in total. The van der Waals surface area contributed by atoms with Crippen molar-refractivity contribution in [2.45, 2.75) is 39.0 Å². The van der Waals surface area contributed by atoms with Crippen LogP contribution in [0.15, 0.2) is 35.4 Å². The molecule has 1 aromatic rings. The van der Waals surface area contributed by atoms with Gasteiger partial charge in [0.2, 0.25) is 5.91 Å². The summed E-state index contributed by atoms with van der Waals surface area (Å²) in [7, 11) is 0. The fraction of sp³-hybridized carbons (Fsp3) is 0.381. The van der Waals surface area contributed by atoms with Gasteiger partial charge >= 0.3 is 0 Å². The van der Waals surface area contributed by atoms with Crippen LogP contribution in [0, 0.1) is 5.82 Å². The molecular formula is C21H24FN3O4. The van der Waals surface area contributed by atoms with E-state index in [1.807, 2.05) is 19.1 Å². The van der Waals surface area contributed by atoms with E-state index in [1.165, 1.54) is 11.0 Å². The van der Waals surface area contributed by atoms with Gasteiger partial charge < -0.3 is 20.7 Å². The van der Waals surface area contributed by atoms with Crippen molar-refractivity contribution in [2.24, 2.45) is 5.73 Å². The van der Waals surface area contributed by atoms with Crippen molar-refractivity contribution >= 4 is 29.1 Å². The molecule has 3 amide bonds. The Morgan fingerprint density at radius 3 is 2.66 bits per heavy atom. The fourth-order valence-electron chi connectivity index (χ4n) is 3.49. The standard InChI is InChI=1S/C21H24FN3O4/c1-2-3-6-9-25-17-11-16(15(22)10-18(17)29-12-19(25)26)24-21(28)14-8-5-4-7-13(14)20(23)27/h3,6,10-11H,2,4-5,7-9,12H2,1H3,(H2,23,27)(H,24,28). The summed E-state index contributed by atoms with van der Waals surface area (Å²) in [5.41, 5.74) is 6.26. The van der Waals surface area contributed by atoms with Gasteiger partial charge in [-0.1, -0.05) is 19.1 Å². The minimum atomic E-state index is -0.687. The molecule has 0 unspecified atom stereocenters. The summed E-state index contributed by atoms with van der Waals surface area (Å²) in [4.78, 5) is 38.1. The number of halogens is 1. The predicted molar refractivity (Wildman–Crippen MR) is 107 cm³/mol. The molecule has 7 nitrogen and oxygen atoms in total. The molecule has 0 saturated heterocycles. The number of primary amides is 1. The van der Waals surface area contributed by atoms with Crippen molar-refractivity contribution in [1.82, 2.24) is 0 Å². The van der Waals surface area contributed by atoms with Crippen LogP contribution in [-0.4, -0.2) is 30.9 Å². The maximum absolute atomic E-state index is 14.6. The van der Waals surface area contributed by atoms with Crippen molar-refractivity contribution in [3.8, 4) is 5.75 Å². The summed E-state index contributed by atoms with van der Waals surface area (Å²) >= 11 is 0. The topological polar surface area (TPSA) is 102 Å². The summed E-state index contributed by atoms with van der Waals surface area (Å²) < 4.78 is 19.9. The van der Waals surface area contributed by atoms with E-state index in [9.17, 15) is 18.8 Å². The molecule has 154 valence electrons. The number of nitrogens with two attached hydrogens (primary N) is 1. The summed E-state index contributed by atoms with van der Waals surface area (Å²) in [6.07, 6.45) is 6.98. The lowest BCUT2D eigenvalue weighted by Crippen LogP contribution is -2.39. The Morgan fingerprint density at radius 1 is 1.24 bits per heavy atom. The van der Waals surface area contributed by atoms with Crippen LogP contribution in [0.3, 0.4) is 0 Å². The molecule has 2 aliphatic rings. The Kier molecular flexibility index (Phi) is 6.31. The third-order valence-corrected chi connectivity index (χ3v) is 4.97. The molecule has 29 heavy (non-hydrogen) atoms. The molecule has 0 aromatic heterocycles. The molecule has 0 saturated carbocycles. The van der Waals surface area contributed by atoms with Crippen LogP contribution in [0.4, 0.5) is 15.8 Å². The van der Waals surface area contributed by atoms with Crippen molar-refractivity contribution < 1.29 is 23.5 Å². The third-order valence-electron chi connectivity index (χ3n) is 4.97. The van der Waals surface area contributed by atoms with E-state index in [0.29, 0.717) is 25.1 Å². The lowest BCUT2D eigenvalue weighted by Gasteiger charge is -2.29. The zero-order valence-electron chi connectivity index (χ0n) is 16.3. The molecule has 0 spiro atoms. The number of carbonyl (C=O) groups is 3. The first-order chi connectivity index (χ1) is 13.9. The number of nitrogens with one attached hydrogen (secondary N) is 1. The zero-order chi connectivity index (χ0) is 21.0. The average Bonchev–Trinajstić information content (AvgIpc) is 2.70. The molecule has 0 radical (unpaired) electrons. The first kappa shape index (κ1) is 20.6. The van der Waals surface area contributed by atoms with Gasteiger partial charge in [-0.3, -0.25) is 14.4 Å². The van der Waals surface area contributed by atoms with Gasteiger partial charge in [-0.25, -0.2) is 4.39 Å². The van der Waals surface area contributed by atoms with Gasteiger partial charge in [-0.2, -0.15) is 0 Å². The average molecular weight is 401 g/mol. The minimum absolute atomic E-state index is 0.0848. The lowest BCUT2D eigenvalue weighted by molar-refractivity contribution is -0.121. The molecule has 0 atom stereocenters. The molecule has 1 heterocycles. The summed E-state index contributed by atoms with van der Waals surface area (Å²) in [6, 6.07) is 2.53. The molecule has 0 fully saturated rings. The molecule has 0 bridgehead atoms. The number of nitrogens with zero attached hydrogens (tertiary/aromatic N) is 1. The molecule has 8 heteroatoms. The summed E-state index contributed by atoms with van der Waals surface area (Å²) in [5, 5.41) is 2.53. The number of benzene rings is 1. The second kappa shape index (κ2) is 8.89. The highest BCUT2D eigenvalue weighted by atomic mass is 19.1. The van der Waals surface area contributed by atoms with E-state index in [0.717, 1.165) is 25.3 Å². The molecular weight excluding hydrogens is 377 g/mol. The van der Waals surface area contributed by atoms with Crippen LogP contribution in [-0.2, 0) is 14.4 Å². The third kappa shape index (κ3) is 4.47. The van der Waals surface area contributed by atoms with Gasteiger partial charge in [-0.05, 0) is 38.2 Å². The number of hydrogen-bond acceptors (Lipinski definition) is 4. The van der Waals surface area contributed by atoms with E-state index < -0.39 is 17.6 Å². The monoisotopic (exact) mass is 401 g/mol. The van der Waals surface area contributed by atoms with E-state index in [-0.39, 0.29) is 35.1 Å². The number of anilines is 2. The first-order valence-corrected chi connectivity index (χ1v) is 9.67. The van der Waals surface area contributed by atoms with Gasteiger partial charge in [0, 0.05) is 23.8 Å². The number of hydrogen-bond donors (Lipinski definition) is 2. The van der Waals surface area contributed by atoms with Gasteiger partial charge in [0.15, 0.2) is 12.4 Å². The number of carbonyl (C=O) groups excluding carboxylic acids is 3. The number of fused-ring (bicyclic) bond motifs is 1. The van der Waals surface area contributed by atoms with Crippen molar-refractivity contribution in [2.75, 3.05) is 23.4 Å². The van der Waals surface area contributed by atoms with Crippen LogP contribution in [0.2, 0.25) is 0 Å². The molecule has 1 aromatic carbocycles. The quantitative estimate of drug-likeness (QED) is 0.716. The van der Waals surface area contributed by atoms with Crippen LogP contribution in [0.25, 0.3) is 0 Å². The SMILES string of the molecule is CCC=CCN1C(=O)COc2cc(F)c(NC(=O)C3=C(C(N)=O)CCCC3)cc21. The van der Waals surface area contributed by atoms with E-state index in [4.69, 9.17) is 10.5 Å². The number of amides is 3. The molecule has 1 aliphatic heterocycles. The normalized spacial score (nSPS) is 16.6. The molecule has 1 aliphatic carbocycles. The summed E-state index contributed by atoms with van der Waals surface area (Å²) in [6.45, 7) is 2.13. The van der Waals surface area contributed by atoms with Crippen LogP contribution in [0.5, 0.6) is 5.75 Å². The summed E-state index contributed by atoms with van der Waals surface area (Å²) in [5.74, 6) is -1.90. The Labute approximate surface area is 168 Å². The largest absolute Gasteiger partial charge is 0.481 e. The van der Waals surface area contributed by atoms with Gasteiger partial charge in [-0.15, -0.1) is 0 Å². The first-order valence-electron chi connectivity index (χ1n) is 9.67. The maximum Gasteiger partial charge on any atom is 0.265 e. The van der Waals surface area contributed by atoms with Crippen LogP contribution >= 0.6 is 0 Å². The Hall–Kier alpha value is -3.16. The highest BCUT2D eigenvalue weighted by molar-refractivity contribution is 6.10.